The van der Waals surface area contributed by atoms with Crippen molar-refractivity contribution in [3.8, 4) is 5.75 Å². The molecule has 1 N–H and O–H groups in total. The van der Waals surface area contributed by atoms with E-state index in [2.05, 4.69) is 19.6 Å². The van der Waals surface area contributed by atoms with Crippen LogP contribution in [0.3, 0.4) is 0 Å². The van der Waals surface area contributed by atoms with Gasteiger partial charge in [0, 0.05) is 0 Å². The normalized spacial score (nSPS) is 10.2. The Kier molecular flexibility index (Phi) is 4.68. The van der Waals surface area contributed by atoms with Crippen LogP contribution in [0.4, 0.5) is 0 Å². The Morgan fingerprint density at radius 3 is 2.62 bits per heavy atom. The maximum atomic E-state index is 11.0. The average molecular weight is 240 g/mol. The molecule has 1 aromatic carbocycles. The molecule has 88 valence electrons. The van der Waals surface area contributed by atoms with Gasteiger partial charge in [-0.1, -0.05) is 19.4 Å². The Balaban J connectivity index is 3.23. The van der Waals surface area contributed by atoms with Crippen molar-refractivity contribution < 1.29 is 14.6 Å². The second-order valence-electron chi connectivity index (χ2n) is 3.44. The molecular formula is C12H16O3S. The fourth-order valence-corrected chi connectivity index (χ4v) is 1.91. The van der Waals surface area contributed by atoms with Gasteiger partial charge in [0.15, 0.2) is 0 Å². The van der Waals surface area contributed by atoms with Gasteiger partial charge in [-0.2, -0.15) is 0 Å². The molecule has 0 unspecified atom stereocenters. The molecule has 0 atom stereocenters. The number of ether oxygens (including phenoxy) is 1. The zero-order valence-electron chi connectivity index (χ0n) is 9.49. The van der Waals surface area contributed by atoms with Gasteiger partial charge in [0.25, 0.3) is 0 Å². The summed E-state index contributed by atoms with van der Waals surface area (Å²) in [5.74, 6) is -0.605. The summed E-state index contributed by atoms with van der Waals surface area (Å²) in [6.45, 7) is 4.33. The van der Waals surface area contributed by atoms with E-state index in [4.69, 9.17) is 9.84 Å². The number of aromatic carboxylic acids is 1. The van der Waals surface area contributed by atoms with E-state index >= 15 is 0 Å². The second kappa shape index (κ2) is 5.80. The molecule has 1 aromatic rings. The minimum absolute atomic E-state index is 0.173. The molecule has 3 nitrogen and oxygen atoms in total. The van der Waals surface area contributed by atoms with E-state index in [0.717, 1.165) is 18.4 Å². The Labute approximate surface area is 101 Å². The molecule has 0 aromatic heterocycles. The number of hydrogen-bond acceptors (Lipinski definition) is 3. The lowest BCUT2D eigenvalue weighted by atomic mass is 10.1. The van der Waals surface area contributed by atoms with Crippen LogP contribution >= 0.6 is 12.6 Å². The van der Waals surface area contributed by atoms with Crippen molar-refractivity contribution >= 4 is 18.6 Å². The summed E-state index contributed by atoms with van der Waals surface area (Å²) in [4.78, 5) is 11.6. The van der Waals surface area contributed by atoms with E-state index in [9.17, 15) is 4.79 Å². The summed E-state index contributed by atoms with van der Waals surface area (Å²) >= 11 is 4.36. The molecule has 0 aliphatic heterocycles. The number of carboxylic acids is 1. The average Bonchev–Trinajstić information content (AvgIpc) is 2.24. The van der Waals surface area contributed by atoms with E-state index < -0.39 is 5.97 Å². The van der Waals surface area contributed by atoms with E-state index in [-0.39, 0.29) is 5.56 Å². The molecule has 0 radical (unpaired) electrons. The predicted octanol–water partition coefficient (Wildman–Crippen LogP) is 3.02. The van der Waals surface area contributed by atoms with Gasteiger partial charge in [-0.05, 0) is 25.0 Å². The van der Waals surface area contributed by atoms with Crippen molar-refractivity contribution in [2.24, 2.45) is 0 Å². The highest BCUT2D eigenvalue weighted by atomic mass is 32.1. The lowest BCUT2D eigenvalue weighted by Gasteiger charge is -2.13. The fourth-order valence-electron chi connectivity index (χ4n) is 1.54. The molecule has 0 aliphatic carbocycles. The molecule has 4 heteroatoms. The van der Waals surface area contributed by atoms with E-state index in [1.165, 1.54) is 0 Å². The molecule has 16 heavy (non-hydrogen) atoms. The van der Waals surface area contributed by atoms with Crippen LogP contribution in [0, 0.1) is 0 Å². The van der Waals surface area contributed by atoms with Gasteiger partial charge in [0.2, 0.25) is 0 Å². The summed E-state index contributed by atoms with van der Waals surface area (Å²) in [5, 5.41) is 9.02. The van der Waals surface area contributed by atoms with Crippen molar-refractivity contribution in [2.45, 2.75) is 31.6 Å². The number of hydrogen-bond donors (Lipinski definition) is 2. The summed E-state index contributed by atoms with van der Waals surface area (Å²) in [6.07, 6.45) is 1.87. The van der Waals surface area contributed by atoms with Gasteiger partial charge in [-0.25, -0.2) is 4.79 Å². The Hall–Kier alpha value is -1.16. The Morgan fingerprint density at radius 2 is 2.12 bits per heavy atom. The molecule has 0 heterocycles. The molecule has 0 saturated carbocycles. The second-order valence-corrected chi connectivity index (χ2v) is 3.89. The van der Waals surface area contributed by atoms with Gasteiger partial charge in [0.05, 0.1) is 11.5 Å². The van der Waals surface area contributed by atoms with Gasteiger partial charge in [0.1, 0.15) is 11.3 Å². The minimum atomic E-state index is -0.984. The van der Waals surface area contributed by atoms with Crippen LogP contribution in [0.25, 0.3) is 0 Å². The maximum Gasteiger partial charge on any atom is 0.339 e. The van der Waals surface area contributed by atoms with Crippen molar-refractivity contribution in [2.75, 3.05) is 6.61 Å². The Bertz CT molecular complexity index is 388. The summed E-state index contributed by atoms with van der Waals surface area (Å²) in [6, 6.07) is 3.38. The zero-order chi connectivity index (χ0) is 12.1. The number of aryl methyl sites for hydroxylation is 1. The fraction of sp³-hybridized carbons (Fsp3) is 0.417. The molecular weight excluding hydrogens is 224 g/mol. The number of thiol groups is 1. The van der Waals surface area contributed by atoms with Crippen LogP contribution < -0.4 is 4.74 Å². The third-order valence-electron chi connectivity index (χ3n) is 2.25. The Morgan fingerprint density at radius 1 is 1.44 bits per heavy atom. The van der Waals surface area contributed by atoms with Crippen molar-refractivity contribution in [3.05, 3.63) is 23.3 Å². The topological polar surface area (TPSA) is 46.5 Å². The molecule has 0 bridgehead atoms. The third-order valence-corrected chi connectivity index (χ3v) is 2.74. The third kappa shape index (κ3) is 2.70. The highest BCUT2D eigenvalue weighted by Gasteiger charge is 2.16. The lowest BCUT2D eigenvalue weighted by molar-refractivity contribution is 0.0692. The molecule has 1 rings (SSSR count). The van der Waals surface area contributed by atoms with E-state index in [1.54, 1.807) is 12.1 Å². The maximum absolute atomic E-state index is 11.0. The van der Waals surface area contributed by atoms with Crippen LogP contribution in [0.2, 0.25) is 0 Å². The van der Waals surface area contributed by atoms with Gasteiger partial charge >= 0.3 is 5.97 Å². The van der Waals surface area contributed by atoms with Gasteiger partial charge in [-0.15, -0.1) is 12.6 Å². The first-order chi connectivity index (χ1) is 7.61. The van der Waals surface area contributed by atoms with E-state index in [1.807, 2.05) is 6.92 Å². The molecule has 0 spiro atoms. The smallest absolute Gasteiger partial charge is 0.339 e. The largest absolute Gasteiger partial charge is 0.492 e. The monoisotopic (exact) mass is 240 g/mol. The van der Waals surface area contributed by atoms with Crippen LogP contribution in [0.5, 0.6) is 5.75 Å². The number of carbonyl (C=O) groups is 1. The minimum Gasteiger partial charge on any atom is -0.492 e. The molecule has 0 aliphatic rings. The summed E-state index contributed by atoms with van der Waals surface area (Å²) < 4.78 is 5.36. The van der Waals surface area contributed by atoms with Crippen molar-refractivity contribution in [3.63, 3.8) is 0 Å². The SMILES string of the molecule is CCCc1ccc(C(=O)O)c(OCC)c1S. The zero-order valence-corrected chi connectivity index (χ0v) is 10.4. The van der Waals surface area contributed by atoms with Gasteiger partial charge < -0.3 is 9.84 Å². The highest BCUT2D eigenvalue weighted by Crippen LogP contribution is 2.31. The standard InChI is InChI=1S/C12H16O3S/c1-3-5-8-6-7-9(12(13)14)10(11(8)16)15-4-2/h6-7,16H,3-5H2,1-2H3,(H,13,14). The first-order valence-corrected chi connectivity index (χ1v) is 5.77. The molecule has 0 amide bonds. The first kappa shape index (κ1) is 12.9. The van der Waals surface area contributed by atoms with Crippen molar-refractivity contribution in [1.29, 1.82) is 0 Å². The van der Waals surface area contributed by atoms with E-state index in [0.29, 0.717) is 17.3 Å². The summed E-state index contributed by atoms with van der Waals surface area (Å²) in [7, 11) is 0. The van der Waals surface area contributed by atoms with Gasteiger partial charge in [-0.3, -0.25) is 0 Å². The number of rotatable bonds is 5. The molecule has 0 fully saturated rings. The van der Waals surface area contributed by atoms with Crippen LogP contribution in [0.1, 0.15) is 36.2 Å². The van der Waals surface area contributed by atoms with Crippen LogP contribution in [-0.4, -0.2) is 17.7 Å². The van der Waals surface area contributed by atoms with Crippen LogP contribution in [-0.2, 0) is 6.42 Å². The summed E-state index contributed by atoms with van der Waals surface area (Å²) in [5.41, 5.74) is 1.20. The highest BCUT2D eigenvalue weighted by molar-refractivity contribution is 7.80. The van der Waals surface area contributed by atoms with Crippen LogP contribution in [0.15, 0.2) is 17.0 Å². The number of carboxylic acid groups (broad SMARTS) is 1. The molecule has 0 saturated heterocycles. The number of benzene rings is 1. The first-order valence-electron chi connectivity index (χ1n) is 5.32. The quantitative estimate of drug-likeness (QED) is 0.778. The predicted molar refractivity (Wildman–Crippen MR) is 65.8 cm³/mol. The van der Waals surface area contributed by atoms with Crippen molar-refractivity contribution in [1.82, 2.24) is 0 Å². The lowest BCUT2D eigenvalue weighted by Crippen LogP contribution is -2.05.